The molecule has 1 fully saturated rings. The molecule has 0 aromatic heterocycles. The average molecular weight is 234 g/mol. The van der Waals surface area contributed by atoms with Crippen LogP contribution in [0.15, 0.2) is 0 Å². The van der Waals surface area contributed by atoms with Gasteiger partial charge in [0.25, 0.3) is 0 Å². The minimum Gasteiger partial charge on any atom is -0.314 e. The van der Waals surface area contributed by atoms with Crippen molar-refractivity contribution in [2.75, 3.05) is 38.7 Å². The summed E-state index contributed by atoms with van der Waals surface area (Å²) in [5.74, 6) is 0.265. The van der Waals surface area contributed by atoms with Crippen LogP contribution in [0.5, 0.6) is 0 Å². The Hall–Kier alpha value is -0.130. The third kappa shape index (κ3) is 6.12. The third-order valence-electron chi connectivity index (χ3n) is 2.87. The Morgan fingerprint density at radius 1 is 1.40 bits per heavy atom. The maximum atomic E-state index is 11.0. The summed E-state index contributed by atoms with van der Waals surface area (Å²) >= 11 is 0. The molecule has 1 atom stereocenters. The van der Waals surface area contributed by atoms with Crippen LogP contribution < -0.4 is 5.32 Å². The Morgan fingerprint density at radius 3 is 2.67 bits per heavy atom. The van der Waals surface area contributed by atoms with E-state index in [1.54, 1.807) is 0 Å². The van der Waals surface area contributed by atoms with E-state index in [1.807, 2.05) is 7.05 Å². The van der Waals surface area contributed by atoms with E-state index in [2.05, 4.69) is 10.2 Å². The number of nitrogens with one attached hydrogen (secondary N) is 1. The molecule has 1 unspecified atom stereocenters. The fourth-order valence-electron chi connectivity index (χ4n) is 1.81. The van der Waals surface area contributed by atoms with Gasteiger partial charge in [-0.3, -0.25) is 0 Å². The van der Waals surface area contributed by atoms with Crippen LogP contribution in [0.2, 0.25) is 0 Å². The monoisotopic (exact) mass is 234 g/mol. The van der Waals surface area contributed by atoms with E-state index >= 15 is 0 Å². The first kappa shape index (κ1) is 12.9. The molecule has 0 saturated carbocycles. The van der Waals surface area contributed by atoms with E-state index < -0.39 is 9.84 Å². The summed E-state index contributed by atoms with van der Waals surface area (Å²) < 4.78 is 21.9. The number of hydrogen-bond acceptors (Lipinski definition) is 4. The molecule has 4 nitrogen and oxygen atoms in total. The Balaban J connectivity index is 2.10. The predicted octanol–water partition coefficient (Wildman–Crippen LogP) is 0.105. The summed E-state index contributed by atoms with van der Waals surface area (Å²) in [5, 5.41) is 3.44. The molecule has 1 saturated heterocycles. The van der Waals surface area contributed by atoms with Crippen LogP contribution in [-0.2, 0) is 9.84 Å². The largest absolute Gasteiger partial charge is 0.314 e. The maximum absolute atomic E-state index is 11.0. The highest BCUT2D eigenvalue weighted by atomic mass is 32.2. The van der Waals surface area contributed by atoms with Crippen molar-refractivity contribution in [1.29, 1.82) is 0 Å². The molecule has 0 spiro atoms. The van der Waals surface area contributed by atoms with Gasteiger partial charge in [-0.1, -0.05) is 0 Å². The van der Waals surface area contributed by atoms with E-state index in [1.165, 1.54) is 19.1 Å². The van der Waals surface area contributed by atoms with Gasteiger partial charge >= 0.3 is 0 Å². The number of sulfone groups is 1. The zero-order valence-corrected chi connectivity index (χ0v) is 10.5. The second-order valence-corrected chi connectivity index (χ2v) is 6.77. The molecular weight excluding hydrogens is 212 g/mol. The SMILES string of the molecule is CN(CCC1CCCN1)CCS(C)(=O)=O. The van der Waals surface area contributed by atoms with E-state index in [0.717, 1.165) is 19.5 Å². The molecule has 1 heterocycles. The smallest absolute Gasteiger partial charge is 0.148 e. The Bertz CT molecular complexity index is 271. The van der Waals surface area contributed by atoms with Crippen LogP contribution in [-0.4, -0.2) is 58.1 Å². The van der Waals surface area contributed by atoms with Crippen molar-refractivity contribution in [1.82, 2.24) is 10.2 Å². The number of hydrogen-bond donors (Lipinski definition) is 1. The van der Waals surface area contributed by atoms with Crippen molar-refractivity contribution < 1.29 is 8.42 Å². The third-order valence-corrected chi connectivity index (χ3v) is 3.79. The second kappa shape index (κ2) is 5.82. The first-order valence-corrected chi connectivity index (χ1v) is 7.63. The lowest BCUT2D eigenvalue weighted by Gasteiger charge is -2.18. The minimum absolute atomic E-state index is 0.265. The van der Waals surface area contributed by atoms with Crippen molar-refractivity contribution in [3.63, 3.8) is 0 Å². The van der Waals surface area contributed by atoms with Gasteiger partial charge in [-0.05, 0) is 39.4 Å². The summed E-state index contributed by atoms with van der Waals surface area (Å²) in [6.45, 7) is 2.76. The van der Waals surface area contributed by atoms with Gasteiger partial charge < -0.3 is 10.2 Å². The summed E-state index contributed by atoms with van der Waals surface area (Å²) in [6, 6.07) is 0.644. The molecule has 1 rings (SSSR count). The molecule has 15 heavy (non-hydrogen) atoms. The summed E-state index contributed by atoms with van der Waals surface area (Å²) in [5.41, 5.74) is 0. The molecule has 1 aliphatic rings. The Morgan fingerprint density at radius 2 is 2.13 bits per heavy atom. The topological polar surface area (TPSA) is 49.4 Å². The van der Waals surface area contributed by atoms with Gasteiger partial charge in [0.1, 0.15) is 9.84 Å². The summed E-state index contributed by atoms with van der Waals surface area (Å²) in [7, 11) is -0.828. The van der Waals surface area contributed by atoms with E-state index in [9.17, 15) is 8.42 Å². The van der Waals surface area contributed by atoms with Crippen molar-refractivity contribution >= 4 is 9.84 Å². The van der Waals surface area contributed by atoms with E-state index in [0.29, 0.717) is 12.6 Å². The van der Waals surface area contributed by atoms with Gasteiger partial charge in [-0.25, -0.2) is 8.42 Å². The molecule has 0 radical (unpaired) electrons. The average Bonchev–Trinajstić information content (AvgIpc) is 2.62. The number of rotatable bonds is 6. The van der Waals surface area contributed by atoms with Crippen LogP contribution in [0, 0.1) is 0 Å². The zero-order valence-electron chi connectivity index (χ0n) is 9.70. The molecule has 5 heteroatoms. The van der Waals surface area contributed by atoms with Crippen LogP contribution in [0.1, 0.15) is 19.3 Å². The highest BCUT2D eigenvalue weighted by Gasteiger charge is 2.14. The first-order chi connectivity index (χ1) is 6.97. The van der Waals surface area contributed by atoms with Crippen molar-refractivity contribution in [3.05, 3.63) is 0 Å². The highest BCUT2D eigenvalue weighted by Crippen LogP contribution is 2.08. The van der Waals surface area contributed by atoms with Gasteiger partial charge in [-0.2, -0.15) is 0 Å². The maximum Gasteiger partial charge on any atom is 0.148 e. The van der Waals surface area contributed by atoms with Crippen LogP contribution in [0.25, 0.3) is 0 Å². The lowest BCUT2D eigenvalue weighted by Crippen LogP contribution is -2.31. The molecule has 0 aromatic carbocycles. The molecule has 90 valence electrons. The van der Waals surface area contributed by atoms with Crippen LogP contribution in [0.4, 0.5) is 0 Å². The number of nitrogens with zero attached hydrogens (tertiary/aromatic N) is 1. The summed E-state index contributed by atoms with van der Waals surface area (Å²) in [4.78, 5) is 2.10. The fourth-order valence-corrected chi connectivity index (χ4v) is 2.46. The van der Waals surface area contributed by atoms with Gasteiger partial charge in [0, 0.05) is 18.8 Å². The molecule has 1 aliphatic heterocycles. The highest BCUT2D eigenvalue weighted by molar-refractivity contribution is 7.90. The first-order valence-electron chi connectivity index (χ1n) is 5.57. The van der Waals surface area contributed by atoms with Gasteiger partial charge in [-0.15, -0.1) is 0 Å². The van der Waals surface area contributed by atoms with Gasteiger partial charge in [0.05, 0.1) is 5.75 Å². The second-order valence-electron chi connectivity index (χ2n) is 4.52. The zero-order chi connectivity index (χ0) is 11.3. The molecule has 0 aromatic rings. The molecule has 1 N–H and O–H groups in total. The standard InChI is InChI=1S/C10H22N2O2S/c1-12(8-9-15(2,13)14)7-5-10-4-3-6-11-10/h10-11H,3-9H2,1-2H3. The molecule has 0 aliphatic carbocycles. The minimum atomic E-state index is -2.81. The van der Waals surface area contributed by atoms with Crippen molar-refractivity contribution in [2.24, 2.45) is 0 Å². The van der Waals surface area contributed by atoms with Crippen LogP contribution in [0.3, 0.4) is 0 Å². The van der Waals surface area contributed by atoms with Crippen LogP contribution >= 0.6 is 0 Å². The lowest BCUT2D eigenvalue weighted by atomic mass is 10.1. The Labute approximate surface area is 93.0 Å². The normalized spacial score (nSPS) is 22.5. The van der Waals surface area contributed by atoms with E-state index in [4.69, 9.17) is 0 Å². The van der Waals surface area contributed by atoms with Crippen molar-refractivity contribution in [3.8, 4) is 0 Å². The quantitative estimate of drug-likeness (QED) is 0.708. The fraction of sp³-hybridized carbons (Fsp3) is 1.00. The molecule has 0 bridgehead atoms. The summed E-state index contributed by atoms with van der Waals surface area (Å²) in [6.07, 6.45) is 4.96. The predicted molar refractivity (Wildman–Crippen MR) is 62.8 cm³/mol. The van der Waals surface area contributed by atoms with E-state index in [-0.39, 0.29) is 5.75 Å². The molecular formula is C10H22N2O2S. The van der Waals surface area contributed by atoms with Gasteiger partial charge in [0.2, 0.25) is 0 Å². The van der Waals surface area contributed by atoms with Gasteiger partial charge in [0.15, 0.2) is 0 Å². The Kier molecular flexibility index (Phi) is 5.02. The van der Waals surface area contributed by atoms with Crippen molar-refractivity contribution in [2.45, 2.75) is 25.3 Å². The molecule has 0 amide bonds. The lowest BCUT2D eigenvalue weighted by molar-refractivity contribution is 0.328.